The van der Waals surface area contributed by atoms with Gasteiger partial charge in [-0.2, -0.15) is 0 Å². The third-order valence-electron chi connectivity index (χ3n) is 3.16. The molecule has 0 radical (unpaired) electrons. The summed E-state index contributed by atoms with van der Waals surface area (Å²) in [5, 5.41) is 8.72. The Hall–Kier alpha value is -0.930. The zero-order valence-electron chi connectivity index (χ0n) is 11.7. The van der Waals surface area contributed by atoms with Gasteiger partial charge in [0.1, 0.15) is 0 Å². The molecule has 18 heavy (non-hydrogen) atoms. The molecule has 0 atom stereocenters. The van der Waals surface area contributed by atoms with Crippen molar-refractivity contribution in [2.45, 2.75) is 46.1 Å². The summed E-state index contributed by atoms with van der Waals surface area (Å²) in [5.74, 6) is 0. The molecule has 0 aliphatic rings. The minimum Gasteiger partial charge on any atom is -0.396 e. The van der Waals surface area contributed by atoms with Crippen LogP contribution in [0.4, 0.5) is 0 Å². The molecule has 1 N–H and O–H groups in total. The standard InChI is InChI=1S/C15H26N2O/c1-3-17(11-6-4-5-7-12-18)13-15-10-8-9-14(2)16-15/h8-10,18H,3-7,11-13H2,1-2H3. The Morgan fingerprint density at radius 2 is 1.94 bits per heavy atom. The zero-order chi connectivity index (χ0) is 13.2. The topological polar surface area (TPSA) is 36.4 Å². The Morgan fingerprint density at radius 3 is 2.61 bits per heavy atom. The smallest absolute Gasteiger partial charge is 0.0547 e. The molecule has 3 nitrogen and oxygen atoms in total. The van der Waals surface area contributed by atoms with Crippen LogP contribution in [-0.2, 0) is 6.54 Å². The summed E-state index contributed by atoms with van der Waals surface area (Å²) in [7, 11) is 0. The Labute approximate surface area is 111 Å². The Kier molecular flexibility index (Phi) is 7.62. The van der Waals surface area contributed by atoms with E-state index in [-0.39, 0.29) is 0 Å². The van der Waals surface area contributed by atoms with E-state index in [1.54, 1.807) is 0 Å². The highest BCUT2D eigenvalue weighted by Gasteiger charge is 2.04. The molecule has 0 saturated heterocycles. The van der Waals surface area contributed by atoms with Gasteiger partial charge in [0, 0.05) is 18.8 Å². The van der Waals surface area contributed by atoms with Crippen molar-refractivity contribution in [1.82, 2.24) is 9.88 Å². The van der Waals surface area contributed by atoms with E-state index in [1.807, 2.05) is 13.0 Å². The van der Waals surface area contributed by atoms with E-state index >= 15 is 0 Å². The molecular weight excluding hydrogens is 224 g/mol. The number of nitrogens with zero attached hydrogens (tertiary/aromatic N) is 2. The maximum Gasteiger partial charge on any atom is 0.0547 e. The lowest BCUT2D eigenvalue weighted by Crippen LogP contribution is -2.24. The summed E-state index contributed by atoms with van der Waals surface area (Å²) in [6.07, 6.45) is 4.49. The summed E-state index contributed by atoms with van der Waals surface area (Å²) < 4.78 is 0. The number of hydrogen-bond donors (Lipinski definition) is 1. The van der Waals surface area contributed by atoms with Crippen LogP contribution in [0.3, 0.4) is 0 Å². The van der Waals surface area contributed by atoms with Crippen LogP contribution >= 0.6 is 0 Å². The number of pyridine rings is 1. The van der Waals surface area contributed by atoms with Gasteiger partial charge < -0.3 is 5.11 Å². The Balaban J connectivity index is 2.28. The number of aliphatic hydroxyl groups excluding tert-OH is 1. The minimum atomic E-state index is 0.324. The van der Waals surface area contributed by atoms with Gasteiger partial charge in [-0.15, -0.1) is 0 Å². The molecule has 0 aliphatic carbocycles. The van der Waals surface area contributed by atoms with Gasteiger partial charge in [-0.25, -0.2) is 0 Å². The minimum absolute atomic E-state index is 0.324. The van der Waals surface area contributed by atoms with E-state index in [4.69, 9.17) is 5.11 Å². The predicted octanol–water partition coefficient (Wildman–Crippen LogP) is 2.76. The number of rotatable bonds is 9. The molecule has 1 rings (SSSR count). The van der Waals surface area contributed by atoms with Gasteiger partial charge in [0.05, 0.1) is 5.69 Å². The fourth-order valence-corrected chi connectivity index (χ4v) is 2.07. The quantitative estimate of drug-likeness (QED) is 0.685. The van der Waals surface area contributed by atoms with Gasteiger partial charge in [0.2, 0.25) is 0 Å². The number of aliphatic hydroxyl groups is 1. The molecule has 0 amide bonds. The monoisotopic (exact) mass is 250 g/mol. The van der Waals surface area contributed by atoms with E-state index < -0.39 is 0 Å². The summed E-state index contributed by atoms with van der Waals surface area (Å²) in [4.78, 5) is 6.98. The first-order valence-corrected chi connectivity index (χ1v) is 7.02. The van der Waals surface area contributed by atoms with Crippen molar-refractivity contribution < 1.29 is 5.11 Å². The van der Waals surface area contributed by atoms with Crippen molar-refractivity contribution in [2.75, 3.05) is 19.7 Å². The van der Waals surface area contributed by atoms with E-state index in [0.717, 1.165) is 43.9 Å². The number of unbranched alkanes of at least 4 members (excludes halogenated alkanes) is 3. The average molecular weight is 250 g/mol. The first-order chi connectivity index (χ1) is 8.76. The van der Waals surface area contributed by atoms with E-state index in [9.17, 15) is 0 Å². The molecule has 1 aromatic rings. The van der Waals surface area contributed by atoms with Crippen LogP contribution in [0.1, 0.15) is 44.0 Å². The van der Waals surface area contributed by atoms with Gasteiger partial charge in [-0.3, -0.25) is 9.88 Å². The van der Waals surface area contributed by atoms with E-state index in [1.165, 1.54) is 12.8 Å². The normalized spacial score (nSPS) is 11.1. The summed E-state index contributed by atoms with van der Waals surface area (Å²) >= 11 is 0. The number of aryl methyl sites for hydroxylation is 1. The van der Waals surface area contributed by atoms with Crippen molar-refractivity contribution >= 4 is 0 Å². The van der Waals surface area contributed by atoms with Gasteiger partial charge in [0.15, 0.2) is 0 Å². The molecule has 0 aliphatic heterocycles. The van der Waals surface area contributed by atoms with Crippen LogP contribution in [0.25, 0.3) is 0 Å². The van der Waals surface area contributed by atoms with Gasteiger partial charge in [0.25, 0.3) is 0 Å². The second-order valence-electron chi connectivity index (χ2n) is 4.78. The second-order valence-corrected chi connectivity index (χ2v) is 4.78. The highest BCUT2D eigenvalue weighted by Crippen LogP contribution is 2.06. The molecule has 0 unspecified atom stereocenters. The lowest BCUT2D eigenvalue weighted by atomic mass is 10.2. The van der Waals surface area contributed by atoms with Crippen molar-refractivity contribution in [1.29, 1.82) is 0 Å². The fourth-order valence-electron chi connectivity index (χ4n) is 2.07. The third kappa shape index (κ3) is 6.12. The van der Waals surface area contributed by atoms with Crippen LogP contribution in [-0.4, -0.2) is 34.7 Å². The first kappa shape index (κ1) is 15.1. The average Bonchev–Trinajstić information content (AvgIpc) is 2.37. The van der Waals surface area contributed by atoms with E-state index in [0.29, 0.717) is 6.61 Å². The van der Waals surface area contributed by atoms with Crippen molar-refractivity contribution in [2.24, 2.45) is 0 Å². The largest absolute Gasteiger partial charge is 0.396 e. The van der Waals surface area contributed by atoms with Gasteiger partial charge >= 0.3 is 0 Å². The van der Waals surface area contributed by atoms with Crippen molar-refractivity contribution in [3.63, 3.8) is 0 Å². The van der Waals surface area contributed by atoms with Crippen LogP contribution in [0.15, 0.2) is 18.2 Å². The Bertz CT molecular complexity index is 328. The molecule has 1 aromatic heterocycles. The highest BCUT2D eigenvalue weighted by atomic mass is 16.2. The lowest BCUT2D eigenvalue weighted by molar-refractivity contribution is 0.260. The summed E-state index contributed by atoms with van der Waals surface area (Å²) in [5.41, 5.74) is 2.25. The van der Waals surface area contributed by atoms with Crippen molar-refractivity contribution in [3.8, 4) is 0 Å². The van der Waals surface area contributed by atoms with Crippen LogP contribution in [0, 0.1) is 6.92 Å². The summed E-state index contributed by atoms with van der Waals surface area (Å²) in [6.45, 7) is 7.69. The van der Waals surface area contributed by atoms with Crippen LogP contribution in [0.2, 0.25) is 0 Å². The van der Waals surface area contributed by atoms with Gasteiger partial charge in [-0.05, 0) is 45.0 Å². The maximum atomic E-state index is 8.72. The molecule has 3 heteroatoms. The van der Waals surface area contributed by atoms with E-state index in [2.05, 4.69) is 28.9 Å². The highest BCUT2D eigenvalue weighted by molar-refractivity contribution is 5.09. The molecule has 1 heterocycles. The number of hydrogen-bond acceptors (Lipinski definition) is 3. The maximum absolute atomic E-state index is 8.72. The lowest BCUT2D eigenvalue weighted by Gasteiger charge is -2.20. The molecule has 0 bridgehead atoms. The first-order valence-electron chi connectivity index (χ1n) is 7.02. The fraction of sp³-hybridized carbons (Fsp3) is 0.667. The molecule has 0 spiro atoms. The third-order valence-corrected chi connectivity index (χ3v) is 3.16. The molecule has 102 valence electrons. The predicted molar refractivity (Wildman–Crippen MR) is 75.5 cm³/mol. The van der Waals surface area contributed by atoms with Crippen LogP contribution < -0.4 is 0 Å². The molecule has 0 saturated carbocycles. The Morgan fingerprint density at radius 1 is 1.17 bits per heavy atom. The molecular formula is C15H26N2O. The SMILES string of the molecule is CCN(CCCCCCO)Cc1cccc(C)n1. The molecule has 0 fully saturated rings. The summed E-state index contributed by atoms with van der Waals surface area (Å²) in [6, 6.07) is 6.21. The molecule has 0 aromatic carbocycles. The van der Waals surface area contributed by atoms with Gasteiger partial charge in [-0.1, -0.05) is 25.8 Å². The van der Waals surface area contributed by atoms with Crippen molar-refractivity contribution in [3.05, 3.63) is 29.6 Å². The number of aromatic nitrogens is 1. The second kappa shape index (κ2) is 9.06. The zero-order valence-corrected chi connectivity index (χ0v) is 11.7. The van der Waals surface area contributed by atoms with Crippen LogP contribution in [0.5, 0.6) is 0 Å².